The summed E-state index contributed by atoms with van der Waals surface area (Å²) in [5.41, 5.74) is 3.97. The van der Waals surface area contributed by atoms with Crippen molar-refractivity contribution in [2.24, 2.45) is 0 Å². The molecular weight excluding hydrogens is 254 g/mol. The van der Waals surface area contributed by atoms with E-state index in [1.54, 1.807) is 0 Å². The monoisotopic (exact) mass is 270 g/mol. The Kier molecular flexibility index (Phi) is 3.71. The maximum atomic E-state index is 13.7. The lowest BCUT2D eigenvalue weighted by atomic mass is 9.94. The zero-order valence-corrected chi connectivity index (χ0v) is 10.6. The number of nitrogens with one attached hydrogen (secondary N) is 1. The summed E-state index contributed by atoms with van der Waals surface area (Å²) in [6.45, 7) is 2.81. The summed E-state index contributed by atoms with van der Waals surface area (Å²) in [6.07, 6.45) is 1.54. The molecule has 0 saturated carbocycles. The van der Waals surface area contributed by atoms with Crippen molar-refractivity contribution < 1.29 is 18.3 Å². The molecule has 0 aromatic heterocycles. The molecule has 2 rings (SSSR count). The predicted molar refractivity (Wildman–Crippen MR) is 66.7 cm³/mol. The van der Waals surface area contributed by atoms with E-state index in [0.717, 1.165) is 25.0 Å². The zero-order chi connectivity index (χ0) is 14.0. The molecule has 0 spiro atoms. The van der Waals surface area contributed by atoms with E-state index in [-0.39, 0.29) is 11.3 Å². The normalized spacial score (nSPS) is 23.1. The van der Waals surface area contributed by atoms with E-state index >= 15 is 0 Å². The van der Waals surface area contributed by atoms with Crippen molar-refractivity contribution in [1.29, 1.82) is 0 Å². The van der Waals surface area contributed by atoms with Crippen LogP contribution in [0.3, 0.4) is 0 Å². The van der Waals surface area contributed by atoms with Crippen LogP contribution in [0.25, 0.3) is 0 Å². The highest BCUT2D eigenvalue weighted by Crippen LogP contribution is 2.21. The minimum absolute atomic E-state index is 0.352. The minimum Gasteiger partial charge on any atom is -0.396 e. The number of hydrogen-bond acceptors (Lipinski definition) is 3. The first kappa shape index (κ1) is 13.7. The molecule has 19 heavy (non-hydrogen) atoms. The predicted octanol–water partition coefficient (Wildman–Crippen LogP) is 1.85. The van der Waals surface area contributed by atoms with Gasteiger partial charge in [-0.05, 0) is 31.9 Å². The highest BCUT2D eigenvalue weighted by atomic mass is 19.1. The molecule has 1 aliphatic rings. The van der Waals surface area contributed by atoms with E-state index in [2.05, 4.69) is 5.32 Å². The molecule has 1 heterocycles. The number of carbonyl (C=O) groups is 1. The second-order valence-electron chi connectivity index (χ2n) is 5.03. The summed E-state index contributed by atoms with van der Waals surface area (Å²) >= 11 is 0. The van der Waals surface area contributed by atoms with Gasteiger partial charge in [-0.2, -0.15) is 0 Å². The highest BCUT2D eigenvalue weighted by molar-refractivity contribution is 5.95. The summed E-state index contributed by atoms with van der Waals surface area (Å²) in [5.74, 6) is -2.33. The number of amides is 1. The maximum absolute atomic E-state index is 13.7. The number of nitrogens with two attached hydrogens (primary N) is 1. The molecule has 1 aromatic rings. The Morgan fingerprint density at radius 3 is 2.84 bits per heavy atom. The average molecular weight is 270 g/mol. The summed E-state index contributed by atoms with van der Waals surface area (Å²) in [6, 6.07) is 1.69. The lowest BCUT2D eigenvalue weighted by molar-refractivity contribution is 0.0271. The molecule has 0 bridgehead atoms. The quantitative estimate of drug-likeness (QED) is 0.806. The molecule has 3 N–H and O–H groups in total. The minimum atomic E-state index is -0.903. The van der Waals surface area contributed by atoms with Crippen molar-refractivity contribution in [3.8, 4) is 0 Å². The van der Waals surface area contributed by atoms with E-state index in [9.17, 15) is 13.6 Å². The standard InChI is InChI=1S/C13H16F2N2O2/c1-13(3-2-4-19-7-13)17-12(18)9-5-8(14)6-10(16)11(9)15/h5-6H,2-4,7,16H2,1H3,(H,17,18). The molecule has 0 radical (unpaired) electrons. The van der Waals surface area contributed by atoms with Crippen molar-refractivity contribution >= 4 is 11.6 Å². The molecule has 1 aromatic carbocycles. The number of benzene rings is 1. The summed E-state index contributed by atoms with van der Waals surface area (Å²) in [4.78, 5) is 12.0. The lowest BCUT2D eigenvalue weighted by Crippen LogP contribution is -2.51. The van der Waals surface area contributed by atoms with E-state index in [1.807, 2.05) is 6.92 Å². The topological polar surface area (TPSA) is 64.4 Å². The number of halogens is 2. The van der Waals surface area contributed by atoms with Gasteiger partial charge in [0.25, 0.3) is 5.91 Å². The van der Waals surface area contributed by atoms with Crippen LogP contribution in [-0.4, -0.2) is 24.7 Å². The summed E-state index contributed by atoms with van der Waals surface area (Å²) in [5, 5.41) is 2.68. The molecule has 1 amide bonds. The number of rotatable bonds is 2. The van der Waals surface area contributed by atoms with Crippen LogP contribution in [0.15, 0.2) is 12.1 Å². The zero-order valence-electron chi connectivity index (χ0n) is 10.6. The average Bonchev–Trinajstić information content (AvgIpc) is 2.34. The molecule has 1 aliphatic heterocycles. The maximum Gasteiger partial charge on any atom is 0.254 e. The molecule has 1 fully saturated rings. The van der Waals surface area contributed by atoms with Crippen LogP contribution >= 0.6 is 0 Å². The second kappa shape index (κ2) is 5.13. The van der Waals surface area contributed by atoms with Crippen molar-refractivity contribution in [3.63, 3.8) is 0 Å². The van der Waals surface area contributed by atoms with Crippen LogP contribution in [0.2, 0.25) is 0 Å². The van der Waals surface area contributed by atoms with Crippen molar-refractivity contribution in [2.75, 3.05) is 18.9 Å². The first-order chi connectivity index (χ1) is 8.91. The van der Waals surface area contributed by atoms with Gasteiger partial charge in [0.2, 0.25) is 0 Å². The number of nitrogen functional groups attached to an aromatic ring is 1. The molecule has 1 unspecified atom stereocenters. The SMILES string of the molecule is CC1(NC(=O)c2cc(F)cc(N)c2F)CCCOC1. The highest BCUT2D eigenvalue weighted by Gasteiger charge is 2.30. The van der Waals surface area contributed by atoms with Crippen LogP contribution in [0.5, 0.6) is 0 Å². The Bertz CT molecular complexity index is 500. The first-order valence-electron chi connectivity index (χ1n) is 6.06. The van der Waals surface area contributed by atoms with E-state index in [0.29, 0.717) is 13.2 Å². The Hall–Kier alpha value is -1.69. The number of hydrogen-bond donors (Lipinski definition) is 2. The second-order valence-corrected chi connectivity index (χ2v) is 5.03. The van der Waals surface area contributed by atoms with Crippen LogP contribution in [-0.2, 0) is 4.74 Å². The van der Waals surface area contributed by atoms with Gasteiger partial charge < -0.3 is 15.8 Å². The largest absolute Gasteiger partial charge is 0.396 e. The first-order valence-corrected chi connectivity index (χ1v) is 6.06. The van der Waals surface area contributed by atoms with Crippen LogP contribution < -0.4 is 11.1 Å². The van der Waals surface area contributed by atoms with Gasteiger partial charge in [0.15, 0.2) is 5.82 Å². The van der Waals surface area contributed by atoms with E-state index in [1.165, 1.54) is 0 Å². The Morgan fingerprint density at radius 1 is 1.47 bits per heavy atom. The number of carbonyl (C=O) groups excluding carboxylic acids is 1. The third kappa shape index (κ3) is 3.01. The fourth-order valence-corrected chi connectivity index (χ4v) is 2.15. The summed E-state index contributed by atoms with van der Waals surface area (Å²) in [7, 11) is 0. The van der Waals surface area contributed by atoms with Gasteiger partial charge in [-0.15, -0.1) is 0 Å². The van der Waals surface area contributed by atoms with Crippen molar-refractivity contribution in [3.05, 3.63) is 29.3 Å². The number of ether oxygens (including phenoxy) is 1. The summed E-state index contributed by atoms with van der Waals surface area (Å²) < 4.78 is 32.2. The molecular formula is C13H16F2N2O2. The molecule has 1 atom stereocenters. The van der Waals surface area contributed by atoms with Crippen molar-refractivity contribution in [2.45, 2.75) is 25.3 Å². The fourth-order valence-electron chi connectivity index (χ4n) is 2.15. The molecule has 0 aliphatic carbocycles. The lowest BCUT2D eigenvalue weighted by Gasteiger charge is -2.34. The van der Waals surface area contributed by atoms with Gasteiger partial charge in [0.05, 0.1) is 23.4 Å². The van der Waals surface area contributed by atoms with Gasteiger partial charge in [-0.25, -0.2) is 8.78 Å². The number of anilines is 1. The third-order valence-electron chi connectivity index (χ3n) is 3.16. The van der Waals surface area contributed by atoms with Gasteiger partial charge in [0, 0.05) is 6.61 Å². The third-order valence-corrected chi connectivity index (χ3v) is 3.16. The molecule has 4 nitrogen and oxygen atoms in total. The molecule has 1 saturated heterocycles. The van der Waals surface area contributed by atoms with Gasteiger partial charge >= 0.3 is 0 Å². The van der Waals surface area contributed by atoms with Gasteiger partial charge in [0.1, 0.15) is 5.82 Å². The smallest absolute Gasteiger partial charge is 0.254 e. The molecule has 104 valence electrons. The van der Waals surface area contributed by atoms with Crippen LogP contribution in [0, 0.1) is 11.6 Å². The fraction of sp³-hybridized carbons (Fsp3) is 0.462. The van der Waals surface area contributed by atoms with Crippen molar-refractivity contribution in [1.82, 2.24) is 5.32 Å². The Balaban J connectivity index is 2.20. The Labute approximate surface area is 109 Å². The van der Waals surface area contributed by atoms with Gasteiger partial charge in [-0.3, -0.25) is 4.79 Å². The van der Waals surface area contributed by atoms with E-state index in [4.69, 9.17) is 10.5 Å². The van der Waals surface area contributed by atoms with Crippen LogP contribution in [0.1, 0.15) is 30.1 Å². The van der Waals surface area contributed by atoms with Gasteiger partial charge in [-0.1, -0.05) is 0 Å². The Morgan fingerprint density at radius 2 is 2.21 bits per heavy atom. The molecule has 6 heteroatoms. The van der Waals surface area contributed by atoms with E-state index < -0.39 is 23.1 Å². The van der Waals surface area contributed by atoms with Crippen LogP contribution in [0.4, 0.5) is 14.5 Å².